The van der Waals surface area contributed by atoms with Gasteiger partial charge in [0.2, 0.25) is 0 Å². The zero-order valence-electron chi connectivity index (χ0n) is 13.5. The Bertz CT molecular complexity index is 603. The number of likely N-dealkylation sites (N-methyl/N-ethyl adjacent to an activating group) is 1. The maximum Gasteiger partial charge on any atom is 0.282 e. The van der Waals surface area contributed by atoms with Gasteiger partial charge in [0.15, 0.2) is 11.5 Å². The van der Waals surface area contributed by atoms with Gasteiger partial charge in [0, 0.05) is 19.6 Å². The van der Waals surface area contributed by atoms with Gasteiger partial charge in [-0.1, -0.05) is 19.1 Å². The Labute approximate surface area is 132 Å². The van der Waals surface area contributed by atoms with Gasteiger partial charge in [-0.3, -0.25) is 0 Å². The van der Waals surface area contributed by atoms with Crippen molar-refractivity contribution < 1.29 is 17.9 Å². The molecule has 0 aromatic heterocycles. The second-order valence-corrected chi connectivity index (χ2v) is 7.55. The molecule has 1 aromatic carbocycles. The maximum absolute atomic E-state index is 12.6. The van der Waals surface area contributed by atoms with E-state index in [0.29, 0.717) is 24.7 Å². The van der Waals surface area contributed by atoms with E-state index in [4.69, 9.17) is 9.47 Å². The second-order valence-electron chi connectivity index (χ2n) is 5.57. The molecular weight excluding hydrogens is 304 g/mol. The molecule has 0 N–H and O–H groups in total. The van der Waals surface area contributed by atoms with Crippen molar-refractivity contribution in [2.24, 2.45) is 0 Å². The Balaban J connectivity index is 2.09. The molecule has 1 aliphatic rings. The third kappa shape index (κ3) is 3.53. The van der Waals surface area contributed by atoms with Crippen LogP contribution in [-0.4, -0.2) is 55.9 Å². The summed E-state index contributed by atoms with van der Waals surface area (Å²) in [6.07, 6.45) is -0.315. The smallest absolute Gasteiger partial charge is 0.282 e. The van der Waals surface area contributed by atoms with Gasteiger partial charge in [0.1, 0.15) is 12.7 Å². The van der Waals surface area contributed by atoms with Crippen LogP contribution in [0.2, 0.25) is 0 Å². The fourth-order valence-corrected chi connectivity index (χ4v) is 3.79. The molecule has 1 aromatic rings. The number of fused-ring (bicyclic) bond motifs is 1. The molecule has 124 valence electrons. The van der Waals surface area contributed by atoms with E-state index in [1.54, 1.807) is 7.05 Å². The molecular formula is C15H24N2O4S. The summed E-state index contributed by atoms with van der Waals surface area (Å²) in [5.74, 6) is 1.35. The highest BCUT2D eigenvalue weighted by Crippen LogP contribution is 2.31. The quantitative estimate of drug-likeness (QED) is 0.798. The van der Waals surface area contributed by atoms with E-state index in [2.05, 4.69) is 0 Å². The molecule has 2 rings (SSSR count). The number of ether oxygens (including phenoxy) is 2. The van der Waals surface area contributed by atoms with Crippen LogP contribution in [0.15, 0.2) is 24.3 Å². The van der Waals surface area contributed by atoms with Crippen molar-refractivity contribution in [2.45, 2.75) is 32.9 Å². The first-order chi connectivity index (χ1) is 10.4. The molecule has 0 bridgehead atoms. The molecule has 0 unspecified atom stereocenters. The van der Waals surface area contributed by atoms with E-state index in [0.717, 1.165) is 0 Å². The van der Waals surface area contributed by atoms with E-state index >= 15 is 0 Å². The summed E-state index contributed by atoms with van der Waals surface area (Å²) in [6.45, 7) is 6.52. The van der Waals surface area contributed by atoms with Gasteiger partial charge in [0.25, 0.3) is 10.2 Å². The number of nitrogens with zero attached hydrogens (tertiary/aromatic N) is 2. The number of rotatable bonds is 6. The number of para-hydroxylation sites is 2. The summed E-state index contributed by atoms with van der Waals surface area (Å²) in [7, 11) is -1.90. The lowest BCUT2D eigenvalue weighted by Gasteiger charge is -2.33. The first-order valence-electron chi connectivity index (χ1n) is 7.47. The summed E-state index contributed by atoms with van der Waals surface area (Å²) in [5.41, 5.74) is 0. The van der Waals surface area contributed by atoms with Crippen molar-refractivity contribution in [1.82, 2.24) is 8.61 Å². The average Bonchev–Trinajstić information content (AvgIpc) is 2.51. The Morgan fingerprint density at radius 3 is 2.50 bits per heavy atom. The van der Waals surface area contributed by atoms with Crippen molar-refractivity contribution in [1.29, 1.82) is 0 Å². The van der Waals surface area contributed by atoms with Crippen LogP contribution in [-0.2, 0) is 10.2 Å². The number of hydrogen-bond donors (Lipinski definition) is 0. The van der Waals surface area contributed by atoms with Crippen LogP contribution in [0.5, 0.6) is 11.5 Å². The van der Waals surface area contributed by atoms with Gasteiger partial charge < -0.3 is 9.47 Å². The van der Waals surface area contributed by atoms with E-state index < -0.39 is 10.2 Å². The Kier molecular flexibility index (Phi) is 5.31. The summed E-state index contributed by atoms with van der Waals surface area (Å²) in [6, 6.07) is 7.32. The third-order valence-corrected chi connectivity index (χ3v) is 5.95. The predicted molar refractivity (Wildman–Crippen MR) is 85.4 cm³/mol. The van der Waals surface area contributed by atoms with E-state index in [1.807, 2.05) is 45.0 Å². The van der Waals surface area contributed by atoms with E-state index in [9.17, 15) is 8.42 Å². The van der Waals surface area contributed by atoms with Crippen LogP contribution in [0.4, 0.5) is 0 Å². The molecule has 0 saturated heterocycles. The second kappa shape index (κ2) is 6.85. The van der Waals surface area contributed by atoms with Gasteiger partial charge in [-0.2, -0.15) is 17.0 Å². The largest absolute Gasteiger partial charge is 0.486 e. The van der Waals surface area contributed by atoms with Gasteiger partial charge in [-0.05, 0) is 26.0 Å². The maximum atomic E-state index is 12.6. The lowest BCUT2D eigenvalue weighted by atomic mass is 10.2. The van der Waals surface area contributed by atoms with Gasteiger partial charge in [-0.25, -0.2) is 0 Å². The molecule has 0 radical (unpaired) electrons. The highest BCUT2D eigenvalue weighted by molar-refractivity contribution is 7.86. The Hall–Kier alpha value is -1.31. The molecule has 0 amide bonds. The summed E-state index contributed by atoms with van der Waals surface area (Å²) in [5, 5.41) is 0. The number of hydrogen-bond acceptors (Lipinski definition) is 4. The van der Waals surface area contributed by atoms with Crippen molar-refractivity contribution in [3.8, 4) is 11.5 Å². The molecule has 0 aliphatic carbocycles. The zero-order chi connectivity index (χ0) is 16.3. The fraction of sp³-hybridized carbons (Fsp3) is 0.600. The molecule has 6 nitrogen and oxygen atoms in total. The standard InChI is InChI=1S/C15H24N2O4S/c1-5-17(22(18,19)16(4)12(2)3)10-13-11-20-14-8-6-7-9-15(14)21-13/h6-9,12-13H,5,10-11H2,1-4H3/t13-/m0/s1. The summed E-state index contributed by atoms with van der Waals surface area (Å²) in [4.78, 5) is 0. The van der Waals surface area contributed by atoms with Gasteiger partial charge >= 0.3 is 0 Å². The molecule has 0 saturated carbocycles. The number of benzene rings is 1. The van der Waals surface area contributed by atoms with Gasteiger partial charge in [-0.15, -0.1) is 0 Å². The van der Waals surface area contributed by atoms with Crippen molar-refractivity contribution in [3.05, 3.63) is 24.3 Å². The lowest BCUT2D eigenvalue weighted by molar-refractivity contribution is 0.0758. The van der Waals surface area contributed by atoms with Crippen LogP contribution >= 0.6 is 0 Å². The van der Waals surface area contributed by atoms with E-state index in [1.165, 1.54) is 8.61 Å². The van der Waals surface area contributed by atoms with Crippen molar-refractivity contribution in [3.63, 3.8) is 0 Å². The molecule has 22 heavy (non-hydrogen) atoms. The van der Waals surface area contributed by atoms with E-state index in [-0.39, 0.29) is 18.7 Å². The highest BCUT2D eigenvalue weighted by Gasteiger charge is 2.31. The molecule has 7 heteroatoms. The SMILES string of the molecule is CCN(C[C@H]1COc2ccccc2O1)S(=O)(=O)N(C)C(C)C. The average molecular weight is 328 g/mol. The minimum absolute atomic E-state index is 0.0942. The molecule has 0 fully saturated rings. The predicted octanol–water partition coefficient (Wildman–Crippen LogP) is 1.73. The zero-order valence-corrected chi connectivity index (χ0v) is 14.3. The lowest BCUT2D eigenvalue weighted by Crippen LogP contribution is -2.49. The van der Waals surface area contributed by atoms with Crippen molar-refractivity contribution in [2.75, 3.05) is 26.7 Å². The van der Waals surface area contributed by atoms with Crippen LogP contribution in [0.1, 0.15) is 20.8 Å². The molecule has 1 aliphatic heterocycles. The first-order valence-corrected chi connectivity index (χ1v) is 8.87. The first kappa shape index (κ1) is 17.1. The van der Waals surface area contributed by atoms with Gasteiger partial charge in [0.05, 0.1) is 6.54 Å². The van der Waals surface area contributed by atoms with Crippen LogP contribution < -0.4 is 9.47 Å². The third-order valence-electron chi connectivity index (χ3n) is 3.74. The monoisotopic (exact) mass is 328 g/mol. The van der Waals surface area contributed by atoms with Crippen LogP contribution in [0, 0.1) is 0 Å². The molecule has 1 atom stereocenters. The van der Waals surface area contributed by atoms with Crippen LogP contribution in [0.25, 0.3) is 0 Å². The van der Waals surface area contributed by atoms with Crippen molar-refractivity contribution >= 4 is 10.2 Å². The minimum atomic E-state index is -3.50. The fourth-order valence-electron chi connectivity index (χ4n) is 2.22. The molecule has 1 heterocycles. The Morgan fingerprint density at radius 1 is 1.27 bits per heavy atom. The summed E-state index contributed by atoms with van der Waals surface area (Å²) < 4.78 is 39.4. The minimum Gasteiger partial charge on any atom is -0.486 e. The summed E-state index contributed by atoms with van der Waals surface area (Å²) >= 11 is 0. The topological polar surface area (TPSA) is 59.1 Å². The normalized spacial score (nSPS) is 18.2. The Morgan fingerprint density at radius 2 is 1.91 bits per heavy atom. The molecule has 0 spiro atoms. The van der Waals surface area contributed by atoms with Crippen LogP contribution in [0.3, 0.4) is 0 Å². The highest BCUT2D eigenvalue weighted by atomic mass is 32.2.